The number of carbonyl (C=O) groups excluding carboxylic acids is 2. The van der Waals surface area contributed by atoms with E-state index in [9.17, 15) is 9.59 Å². The maximum absolute atomic E-state index is 13.0. The Morgan fingerprint density at radius 3 is 2.64 bits per heavy atom. The normalized spacial score (nSPS) is 26.6. The van der Waals surface area contributed by atoms with Crippen molar-refractivity contribution in [3.8, 4) is 0 Å². The summed E-state index contributed by atoms with van der Waals surface area (Å²) < 4.78 is 0. The molecule has 0 aromatic carbocycles. The number of amides is 2. The van der Waals surface area contributed by atoms with E-state index in [-0.39, 0.29) is 17.2 Å². The highest BCUT2D eigenvalue weighted by Crippen LogP contribution is 2.43. The standard InChI is InChI=1S/C21H33N5O2/c1-15(27)25-10-16-11-26(14-21(16,13-25)12-24(2)3)20(28)9-8-19-17-6-4-5-7-18(17)22-23-19/h16H,4-14H2,1-3H3,(H,22,23)/t16-,21+/m1/s1. The number of fused-ring (bicyclic) bond motifs is 2. The lowest BCUT2D eigenvalue weighted by atomic mass is 9.80. The molecule has 0 bridgehead atoms. The lowest BCUT2D eigenvalue weighted by Gasteiger charge is -2.32. The minimum Gasteiger partial charge on any atom is -0.342 e. The van der Waals surface area contributed by atoms with E-state index in [2.05, 4.69) is 29.2 Å². The highest BCUT2D eigenvalue weighted by atomic mass is 16.2. The van der Waals surface area contributed by atoms with E-state index in [4.69, 9.17) is 0 Å². The van der Waals surface area contributed by atoms with E-state index in [0.717, 1.165) is 57.7 Å². The molecule has 1 N–H and O–H groups in total. The first-order chi connectivity index (χ1) is 13.4. The van der Waals surface area contributed by atoms with E-state index in [1.54, 1.807) is 6.92 Å². The van der Waals surface area contributed by atoms with Crippen molar-refractivity contribution in [2.24, 2.45) is 11.3 Å². The minimum atomic E-state index is 0.0102. The van der Waals surface area contributed by atoms with Crippen molar-refractivity contribution >= 4 is 11.8 Å². The number of nitrogens with one attached hydrogen (secondary N) is 1. The molecule has 2 amide bonds. The maximum atomic E-state index is 13.0. The summed E-state index contributed by atoms with van der Waals surface area (Å²) in [6, 6.07) is 0. The Morgan fingerprint density at radius 2 is 1.89 bits per heavy atom. The molecule has 3 heterocycles. The van der Waals surface area contributed by atoms with Gasteiger partial charge in [-0.05, 0) is 45.3 Å². The number of hydrogen-bond donors (Lipinski definition) is 1. The molecule has 28 heavy (non-hydrogen) atoms. The van der Waals surface area contributed by atoms with Gasteiger partial charge in [0.2, 0.25) is 11.8 Å². The van der Waals surface area contributed by atoms with Crippen LogP contribution in [0.2, 0.25) is 0 Å². The van der Waals surface area contributed by atoms with Crippen LogP contribution in [-0.2, 0) is 28.9 Å². The van der Waals surface area contributed by atoms with Crippen LogP contribution in [0.1, 0.15) is 43.1 Å². The van der Waals surface area contributed by atoms with Gasteiger partial charge in [0.05, 0.1) is 5.69 Å². The maximum Gasteiger partial charge on any atom is 0.222 e. The lowest BCUT2D eigenvalue weighted by molar-refractivity contribution is -0.131. The van der Waals surface area contributed by atoms with Gasteiger partial charge in [-0.25, -0.2) is 0 Å². The molecule has 1 aromatic rings. The Hall–Kier alpha value is -1.89. The summed E-state index contributed by atoms with van der Waals surface area (Å²) in [5.41, 5.74) is 3.74. The fraction of sp³-hybridized carbons (Fsp3) is 0.762. The molecule has 1 aliphatic carbocycles. The number of aromatic amines is 1. The van der Waals surface area contributed by atoms with Crippen LogP contribution < -0.4 is 0 Å². The van der Waals surface area contributed by atoms with Crippen LogP contribution in [0.4, 0.5) is 0 Å². The van der Waals surface area contributed by atoms with E-state index >= 15 is 0 Å². The first kappa shape index (κ1) is 19.4. The van der Waals surface area contributed by atoms with Gasteiger partial charge in [0.25, 0.3) is 0 Å². The Bertz CT molecular complexity index is 758. The number of aryl methyl sites for hydroxylation is 2. The highest BCUT2D eigenvalue weighted by Gasteiger charge is 2.54. The molecule has 3 aliphatic rings. The summed E-state index contributed by atoms with van der Waals surface area (Å²) in [5.74, 6) is 0.754. The molecule has 1 aromatic heterocycles. The Morgan fingerprint density at radius 1 is 1.18 bits per heavy atom. The topological polar surface area (TPSA) is 72.5 Å². The molecule has 2 atom stereocenters. The predicted molar refractivity (Wildman–Crippen MR) is 107 cm³/mol. The van der Waals surface area contributed by atoms with Crippen molar-refractivity contribution in [2.75, 3.05) is 46.8 Å². The fourth-order valence-electron chi connectivity index (χ4n) is 5.60. The van der Waals surface area contributed by atoms with E-state index < -0.39 is 0 Å². The third-order valence-corrected chi connectivity index (χ3v) is 6.91. The first-order valence-electron chi connectivity index (χ1n) is 10.6. The third-order valence-electron chi connectivity index (χ3n) is 6.91. The zero-order valence-corrected chi connectivity index (χ0v) is 17.5. The molecule has 154 valence electrons. The molecule has 0 saturated carbocycles. The van der Waals surface area contributed by atoms with Crippen LogP contribution in [0.25, 0.3) is 0 Å². The molecule has 2 fully saturated rings. The molecule has 2 saturated heterocycles. The van der Waals surface area contributed by atoms with Crippen LogP contribution in [0.5, 0.6) is 0 Å². The van der Waals surface area contributed by atoms with Crippen LogP contribution in [0.3, 0.4) is 0 Å². The summed E-state index contributed by atoms with van der Waals surface area (Å²) in [5, 5.41) is 7.67. The van der Waals surface area contributed by atoms with Gasteiger partial charge in [-0.15, -0.1) is 0 Å². The number of nitrogens with zero attached hydrogens (tertiary/aromatic N) is 4. The summed E-state index contributed by atoms with van der Waals surface area (Å²) in [4.78, 5) is 31.1. The van der Waals surface area contributed by atoms with Crippen molar-refractivity contribution in [1.82, 2.24) is 24.9 Å². The van der Waals surface area contributed by atoms with Gasteiger partial charge in [0.15, 0.2) is 0 Å². The van der Waals surface area contributed by atoms with Crippen molar-refractivity contribution in [3.05, 3.63) is 17.0 Å². The monoisotopic (exact) mass is 387 g/mol. The molecule has 0 unspecified atom stereocenters. The Kier molecular flexibility index (Phi) is 5.21. The fourth-order valence-corrected chi connectivity index (χ4v) is 5.60. The number of carbonyl (C=O) groups is 2. The minimum absolute atomic E-state index is 0.0102. The summed E-state index contributed by atoms with van der Waals surface area (Å²) >= 11 is 0. The van der Waals surface area contributed by atoms with Gasteiger partial charge in [-0.1, -0.05) is 0 Å². The number of likely N-dealkylation sites (tertiary alicyclic amines) is 2. The van der Waals surface area contributed by atoms with Gasteiger partial charge in [-0.3, -0.25) is 14.7 Å². The lowest BCUT2D eigenvalue weighted by Crippen LogP contribution is -2.43. The molecule has 2 aliphatic heterocycles. The third kappa shape index (κ3) is 3.56. The SMILES string of the molecule is CC(=O)N1C[C@@H]2CN(C(=O)CCc3n[nH]c4c3CCCC4)C[C@]2(CN(C)C)C1. The molecule has 7 nitrogen and oxygen atoms in total. The van der Waals surface area contributed by atoms with Crippen LogP contribution >= 0.6 is 0 Å². The van der Waals surface area contributed by atoms with Gasteiger partial charge in [0, 0.05) is 69.5 Å². The molecule has 0 radical (unpaired) electrons. The Balaban J connectivity index is 1.39. The van der Waals surface area contributed by atoms with Crippen molar-refractivity contribution in [2.45, 2.75) is 45.4 Å². The van der Waals surface area contributed by atoms with Crippen molar-refractivity contribution in [3.63, 3.8) is 0 Å². The van der Waals surface area contributed by atoms with E-state index in [1.165, 1.54) is 24.1 Å². The summed E-state index contributed by atoms with van der Waals surface area (Å²) in [6.45, 7) is 5.64. The first-order valence-corrected chi connectivity index (χ1v) is 10.6. The molecule has 4 rings (SSSR count). The van der Waals surface area contributed by atoms with Crippen LogP contribution in [0, 0.1) is 11.3 Å². The van der Waals surface area contributed by atoms with Crippen molar-refractivity contribution in [1.29, 1.82) is 0 Å². The average molecular weight is 388 g/mol. The second-order valence-electron chi connectivity index (χ2n) is 9.31. The summed E-state index contributed by atoms with van der Waals surface area (Å²) in [6.07, 6.45) is 5.89. The van der Waals surface area contributed by atoms with Gasteiger partial charge < -0.3 is 14.7 Å². The smallest absolute Gasteiger partial charge is 0.222 e. The highest BCUT2D eigenvalue weighted by molar-refractivity contribution is 5.77. The molecular weight excluding hydrogens is 354 g/mol. The predicted octanol–water partition coefficient (Wildman–Crippen LogP) is 1.09. The number of hydrogen-bond acceptors (Lipinski definition) is 4. The van der Waals surface area contributed by atoms with Crippen molar-refractivity contribution < 1.29 is 9.59 Å². The quantitative estimate of drug-likeness (QED) is 0.821. The second kappa shape index (κ2) is 7.50. The van der Waals surface area contributed by atoms with E-state index in [1.807, 2.05) is 9.80 Å². The Labute approximate surface area is 167 Å². The second-order valence-corrected chi connectivity index (χ2v) is 9.31. The number of rotatable bonds is 5. The molecule has 7 heteroatoms. The summed E-state index contributed by atoms with van der Waals surface area (Å²) in [7, 11) is 4.15. The molecular formula is C21H33N5O2. The zero-order chi connectivity index (χ0) is 19.9. The van der Waals surface area contributed by atoms with Crippen LogP contribution in [0.15, 0.2) is 0 Å². The van der Waals surface area contributed by atoms with Crippen LogP contribution in [-0.4, -0.2) is 83.5 Å². The number of H-pyrrole nitrogens is 1. The van der Waals surface area contributed by atoms with E-state index in [0.29, 0.717) is 12.3 Å². The van der Waals surface area contributed by atoms with Gasteiger partial charge in [-0.2, -0.15) is 5.10 Å². The average Bonchev–Trinajstić information content (AvgIpc) is 3.29. The van der Waals surface area contributed by atoms with Gasteiger partial charge >= 0.3 is 0 Å². The number of aromatic nitrogens is 2. The molecule has 0 spiro atoms. The zero-order valence-electron chi connectivity index (χ0n) is 17.5. The largest absolute Gasteiger partial charge is 0.342 e. The van der Waals surface area contributed by atoms with Gasteiger partial charge in [0.1, 0.15) is 0 Å².